The summed E-state index contributed by atoms with van der Waals surface area (Å²) in [6.45, 7) is 6.47. The van der Waals surface area contributed by atoms with E-state index in [-0.39, 0.29) is 0 Å². The summed E-state index contributed by atoms with van der Waals surface area (Å²) in [5, 5.41) is 0. The van der Waals surface area contributed by atoms with Gasteiger partial charge in [0.25, 0.3) is 0 Å². The maximum atomic E-state index is 2.90. The van der Waals surface area contributed by atoms with Gasteiger partial charge < -0.3 is 0 Å². The lowest BCUT2D eigenvalue weighted by atomic mass is 9.99. The molecule has 0 aromatic heterocycles. The molecule has 2 nitrogen and oxygen atoms in total. The van der Waals surface area contributed by atoms with E-state index in [0.29, 0.717) is 0 Å². The average Bonchev–Trinajstić information content (AvgIpc) is 2.85. The Balaban J connectivity index is 1.67. The van der Waals surface area contributed by atoms with Gasteiger partial charge in [0, 0.05) is 31.2 Å². The highest BCUT2D eigenvalue weighted by Crippen LogP contribution is 2.31. The Morgan fingerprint density at radius 3 is 2.65 bits per heavy atom. The molecule has 2 atom stereocenters. The zero-order valence-electron chi connectivity index (χ0n) is 11.1. The monoisotopic (exact) mass is 254 g/mol. The molecule has 0 N–H and O–H groups in total. The Bertz CT molecular complexity index is 253. The van der Waals surface area contributed by atoms with Crippen LogP contribution >= 0.6 is 11.8 Å². The van der Waals surface area contributed by atoms with Crippen molar-refractivity contribution in [1.29, 1.82) is 0 Å². The molecule has 3 rings (SSSR count). The quantitative estimate of drug-likeness (QED) is 0.747. The molecule has 0 saturated carbocycles. The van der Waals surface area contributed by atoms with Crippen molar-refractivity contribution in [2.45, 2.75) is 57.2 Å². The van der Waals surface area contributed by atoms with E-state index in [0.717, 1.165) is 18.1 Å². The average molecular weight is 254 g/mol. The number of fused-ring (bicyclic) bond motifs is 1. The van der Waals surface area contributed by atoms with Crippen LogP contribution in [0.1, 0.15) is 39.0 Å². The minimum absolute atomic E-state index is 0.845. The number of hydrogen-bond donors (Lipinski definition) is 0. The Morgan fingerprint density at radius 2 is 1.88 bits per heavy atom. The molecule has 3 saturated heterocycles. The first-order chi connectivity index (χ1) is 8.38. The van der Waals surface area contributed by atoms with Crippen LogP contribution in [0.25, 0.3) is 0 Å². The lowest BCUT2D eigenvalue weighted by Crippen LogP contribution is -2.59. The van der Waals surface area contributed by atoms with Crippen LogP contribution in [-0.4, -0.2) is 59.1 Å². The molecule has 0 aromatic rings. The number of hydrogen-bond acceptors (Lipinski definition) is 3. The molecule has 3 heteroatoms. The number of rotatable bonds is 2. The Kier molecular flexibility index (Phi) is 3.98. The molecule has 2 unspecified atom stereocenters. The maximum absolute atomic E-state index is 2.90. The van der Waals surface area contributed by atoms with E-state index >= 15 is 0 Å². The first-order valence-corrected chi connectivity index (χ1v) is 8.61. The van der Waals surface area contributed by atoms with Gasteiger partial charge in [0.2, 0.25) is 0 Å². The fourth-order valence-corrected chi connectivity index (χ4v) is 5.02. The summed E-state index contributed by atoms with van der Waals surface area (Å²) in [7, 11) is 0. The van der Waals surface area contributed by atoms with Crippen LogP contribution in [0, 0.1) is 0 Å². The zero-order chi connectivity index (χ0) is 11.7. The van der Waals surface area contributed by atoms with Crippen molar-refractivity contribution in [2.24, 2.45) is 0 Å². The van der Waals surface area contributed by atoms with E-state index in [2.05, 4.69) is 28.5 Å². The van der Waals surface area contributed by atoms with Crippen molar-refractivity contribution in [1.82, 2.24) is 9.80 Å². The van der Waals surface area contributed by atoms with Gasteiger partial charge in [-0.3, -0.25) is 9.80 Å². The van der Waals surface area contributed by atoms with Crippen LogP contribution in [0.5, 0.6) is 0 Å². The van der Waals surface area contributed by atoms with Crippen molar-refractivity contribution in [3.63, 3.8) is 0 Å². The third kappa shape index (κ3) is 2.52. The van der Waals surface area contributed by atoms with Crippen molar-refractivity contribution in [3.8, 4) is 0 Å². The summed E-state index contributed by atoms with van der Waals surface area (Å²) in [6.07, 6.45) is 7.11. The summed E-state index contributed by atoms with van der Waals surface area (Å²) in [5.74, 6) is 2.79. The number of nitrogens with zero attached hydrogens (tertiary/aromatic N) is 2. The largest absolute Gasteiger partial charge is 0.298 e. The number of piperazine rings is 1. The molecule has 17 heavy (non-hydrogen) atoms. The van der Waals surface area contributed by atoms with Gasteiger partial charge in [-0.25, -0.2) is 0 Å². The van der Waals surface area contributed by atoms with Crippen LogP contribution in [0.15, 0.2) is 0 Å². The smallest absolute Gasteiger partial charge is 0.0224 e. The highest BCUT2D eigenvalue weighted by atomic mass is 32.2. The summed E-state index contributed by atoms with van der Waals surface area (Å²) < 4.78 is 0. The lowest BCUT2D eigenvalue weighted by Gasteiger charge is -2.48. The van der Waals surface area contributed by atoms with Crippen LogP contribution in [0.3, 0.4) is 0 Å². The Hall–Kier alpha value is 0.270. The maximum Gasteiger partial charge on any atom is 0.0224 e. The SMILES string of the molecule is CCC1CN2CCCC2CN1C1CCSCC1. The topological polar surface area (TPSA) is 6.48 Å². The standard InChI is InChI=1S/C14H26N2S/c1-2-12-10-15-7-3-4-14(15)11-16(12)13-5-8-17-9-6-13/h12-14H,2-11H2,1H3. The minimum Gasteiger partial charge on any atom is -0.298 e. The van der Waals surface area contributed by atoms with E-state index in [4.69, 9.17) is 0 Å². The molecule has 3 fully saturated rings. The van der Waals surface area contributed by atoms with Gasteiger partial charge in [-0.2, -0.15) is 11.8 Å². The van der Waals surface area contributed by atoms with Crippen molar-refractivity contribution >= 4 is 11.8 Å². The minimum atomic E-state index is 0.845. The van der Waals surface area contributed by atoms with Crippen LogP contribution in [0.2, 0.25) is 0 Å². The van der Waals surface area contributed by atoms with Gasteiger partial charge in [0.1, 0.15) is 0 Å². The van der Waals surface area contributed by atoms with Gasteiger partial charge in [-0.05, 0) is 50.2 Å². The molecular weight excluding hydrogens is 228 g/mol. The highest BCUT2D eigenvalue weighted by molar-refractivity contribution is 7.99. The molecular formula is C14H26N2S. The molecule has 0 spiro atoms. The van der Waals surface area contributed by atoms with Crippen molar-refractivity contribution in [3.05, 3.63) is 0 Å². The molecule has 0 aromatic carbocycles. The van der Waals surface area contributed by atoms with Crippen LogP contribution in [0.4, 0.5) is 0 Å². The molecule has 3 aliphatic rings. The molecule has 98 valence electrons. The summed E-state index contributed by atoms with van der Waals surface area (Å²) in [5.41, 5.74) is 0. The first-order valence-electron chi connectivity index (χ1n) is 7.46. The lowest BCUT2D eigenvalue weighted by molar-refractivity contribution is 0.0158. The van der Waals surface area contributed by atoms with Gasteiger partial charge in [-0.1, -0.05) is 6.92 Å². The van der Waals surface area contributed by atoms with Crippen LogP contribution in [-0.2, 0) is 0 Å². The van der Waals surface area contributed by atoms with Gasteiger partial charge in [0.05, 0.1) is 0 Å². The fraction of sp³-hybridized carbons (Fsp3) is 1.00. The molecule has 0 radical (unpaired) electrons. The van der Waals surface area contributed by atoms with E-state index < -0.39 is 0 Å². The highest BCUT2D eigenvalue weighted by Gasteiger charge is 2.38. The van der Waals surface area contributed by atoms with E-state index in [1.54, 1.807) is 0 Å². The predicted molar refractivity (Wildman–Crippen MR) is 75.7 cm³/mol. The zero-order valence-corrected chi connectivity index (χ0v) is 11.9. The van der Waals surface area contributed by atoms with Gasteiger partial charge >= 0.3 is 0 Å². The van der Waals surface area contributed by atoms with Crippen molar-refractivity contribution < 1.29 is 0 Å². The third-order valence-electron chi connectivity index (χ3n) is 4.97. The first kappa shape index (κ1) is 12.3. The molecule has 3 heterocycles. The second-order valence-electron chi connectivity index (χ2n) is 5.89. The van der Waals surface area contributed by atoms with E-state index in [1.165, 1.54) is 63.2 Å². The van der Waals surface area contributed by atoms with Gasteiger partial charge in [0.15, 0.2) is 0 Å². The Morgan fingerprint density at radius 1 is 1.06 bits per heavy atom. The fourth-order valence-electron chi connectivity index (χ4n) is 3.94. The van der Waals surface area contributed by atoms with Gasteiger partial charge in [-0.15, -0.1) is 0 Å². The predicted octanol–water partition coefficient (Wildman–Crippen LogP) is 2.44. The molecule has 3 aliphatic heterocycles. The Labute approximate surface area is 110 Å². The second kappa shape index (κ2) is 5.50. The molecule has 0 bridgehead atoms. The number of thioether (sulfide) groups is 1. The normalized spacial score (nSPS) is 37.2. The van der Waals surface area contributed by atoms with E-state index in [1.807, 2.05) is 0 Å². The summed E-state index contributed by atoms with van der Waals surface area (Å²) in [6, 6.07) is 2.65. The van der Waals surface area contributed by atoms with E-state index in [9.17, 15) is 0 Å². The third-order valence-corrected chi connectivity index (χ3v) is 6.01. The molecule has 0 aliphatic carbocycles. The summed E-state index contributed by atoms with van der Waals surface area (Å²) in [4.78, 5) is 5.66. The summed E-state index contributed by atoms with van der Waals surface area (Å²) >= 11 is 2.15. The second-order valence-corrected chi connectivity index (χ2v) is 7.12. The van der Waals surface area contributed by atoms with Crippen molar-refractivity contribution in [2.75, 3.05) is 31.1 Å². The molecule has 0 amide bonds. The van der Waals surface area contributed by atoms with Crippen LogP contribution < -0.4 is 0 Å².